The van der Waals surface area contributed by atoms with Crippen molar-refractivity contribution < 1.29 is 14.3 Å². The Kier molecular flexibility index (Phi) is 8.20. The van der Waals surface area contributed by atoms with E-state index >= 15 is 0 Å². The van der Waals surface area contributed by atoms with Crippen LogP contribution in [-0.4, -0.2) is 39.8 Å². The molecule has 130 valence electrons. The summed E-state index contributed by atoms with van der Waals surface area (Å²) in [5.74, 6) is 1.92. The van der Waals surface area contributed by atoms with Gasteiger partial charge in [-0.15, -0.1) is 12.4 Å². The molecule has 0 aliphatic carbocycles. The van der Waals surface area contributed by atoms with Crippen molar-refractivity contribution in [1.29, 1.82) is 0 Å². The lowest BCUT2D eigenvalue weighted by molar-refractivity contribution is 0.0950. The predicted molar refractivity (Wildman–Crippen MR) is 94.1 cm³/mol. The first kappa shape index (κ1) is 19.6. The van der Waals surface area contributed by atoms with Crippen LogP contribution in [0.15, 0.2) is 12.1 Å². The first-order valence-electron chi connectivity index (χ1n) is 7.87. The number of piperidine rings is 1. The molecule has 1 aromatic carbocycles. The van der Waals surface area contributed by atoms with Crippen LogP contribution in [0.4, 0.5) is 0 Å². The van der Waals surface area contributed by atoms with Crippen molar-refractivity contribution in [3.63, 3.8) is 0 Å². The van der Waals surface area contributed by atoms with Crippen LogP contribution < -0.4 is 20.1 Å². The Balaban J connectivity index is 0.00000264. The van der Waals surface area contributed by atoms with Gasteiger partial charge in [-0.2, -0.15) is 0 Å². The minimum absolute atomic E-state index is 0. The smallest absolute Gasteiger partial charge is 0.251 e. The van der Waals surface area contributed by atoms with E-state index < -0.39 is 0 Å². The monoisotopic (exact) mass is 342 g/mol. The van der Waals surface area contributed by atoms with Gasteiger partial charge in [-0.1, -0.05) is 0 Å². The van der Waals surface area contributed by atoms with E-state index in [9.17, 15) is 4.79 Å². The number of methoxy groups -OCH3 is 2. The van der Waals surface area contributed by atoms with Gasteiger partial charge in [0.25, 0.3) is 5.91 Å². The van der Waals surface area contributed by atoms with E-state index in [4.69, 9.17) is 9.47 Å². The molecule has 23 heavy (non-hydrogen) atoms. The molecule has 0 spiro atoms. The maximum Gasteiger partial charge on any atom is 0.251 e. The zero-order valence-corrected chi connectivity index (χ0v) is 14.9. The molecule has 0 saturated carbocycles. The lowest BCUT2D eigenvalue weighted by Crippen LogP contribution is -2.33. The van der Waals surface area contributed by atoms with Crippen LogP contribution >= 0.6 is 12.4 Å². The number of amides is 1. The molecule has 1 unspecified atom stereocenters. The van der Waals surface area contributed by atoms with Gasteiger partial charge < -0.3 is 20.1 Å². The number of rotatable bonds is 6. The molecule has 1 amide bonds. The fourth-order valence-corrected chi connectivity index (χ4v) is 2.88. The number of hydrogen-bond donors (Lipinski definition) is 2. The van der Waals surface area contributed by atoms with Gasteiger partial charge in [0, 0.05) is 17.7 Å². The number of carbonyl (C=O) groups is 1. The highest BCUT2D eigenvalue weighted by Crippen LogP contribution is 2.29. The topological polar surface area (TPSA) is 59.6 Å². The first-order valence-corrected chi connectivity index (χ1v) is 7.87. The van der Waals surface area contributed by atoms with Gasteiger partial charge in [0.1, 0.15) is 11.5 Å². The van der Waals surface area contributed by atoms with Crippen LogP contribution in [0, 0.1) is 12.8 Å². The molecule has 1 saturated heterocycles. The Hall–Kier alpha value is -1.46. The van der Waals surface area contributed by atoms with Crippen LogP contribution in [0.2, 0.25) is 0 Å². The average Bonchev–Trinajstić information content (AvgIpc) is 2.56. The van der Waals surface area contributed by atoms with Crippen molar-refractivity contribution in [1.82, 2.24) is 10.6 Å². The molecule has 1 aliphatic heterocycles. The summed E-state index contributed by atoms with van der Waals surface area (Å²) in [6.45, 7) is 4.78. The van der Waals surface area contributed by atoms with Crippen molar-refractivity contribution in [2.24, 2.45) is 5.92 Å². The van der Waals surface area contributed by atoms with E-state index in [0.29, 0.717) is 29.5 Å². The standard InChI is InChI=1S/C17H26N2O3.ClH/c1-12-15(21-2)9-14(10-16(12)22-3)17(20)19-8-6-13-5-4-7-18-11-13;/h9-10,13,18H,4-8,11H2,1-3H3,(H,19,20);1H. The largest absolute Gasteiger partial charge is 0.496 e. The molecule has 2 N–H and O–H groups in total. The van der Waals surface area contributed by atoms with E-state index in [-0.39, 0.29) is 18.3 Å². The van der Waals surface area contributed by atoms with Gasteiger partial charge in [-0.25, -0.2) is 0 Å². The summed E-state index contributed by atoms with van der Waals surface area (Å²) in [4.78, 5) is 12.3. The number of benzene rings is 1. The van der Waals surface area contributed by atoms with Crippen LogP contribution in [-0.2, 0) is 0 Å². The van der Waals surface area contributed by atoms with Crippen LogP contribution in [0.1, 0.15) is 35.2 Å². The Morgan fingerprint density at radius 3 is 2.48 bits per heavy atom. The Morgan fingerprint density at radius 1 is 1.30 bits per heavy atom. The molecular weight excluding hydrogens is 316 g/mol. The van der Waals surface area contributed by atoms with Crippen LogP contribution in [0.5, 0.6) is 11.5 Å². The molecule has 0 radical (unpaired) electrons. The summed E-state index contributed by atoms with van der Waals surface area (Å²) < 4.78 is 10.6. The minimum atomic E-state index is -0.0830. The number of nitrogens with one attached hydrogen (secondary N) is 2. The summed E-state index contributed by atoms with van der Waals surface area (Å²) in [6, 6.07) is 3.52. The van der Waals surface area contributed by atoms with Crippen LogP contribution in [0.25, 0.3) is 0 Å². The van der Waals surface area contributed by atoms with E-state index in [1.807, 2.05) is 6.92 Å². The van der Waals surface area contributed by atoms with Gasteiger partial charge in [0.05, 0.1) is 14.2 Å². The molecule has 1 atom stereocenters. The Labute approximate surface area is 144 Å². The lowest BCUT2D eigenvalue weighted by Gasteiger charge is -2.22. The second kappa shape index (κ2) is 9.63. The molecular formula is C17H27ClN2O3. The highest BCUT2D eigenvalue weighted by molar-refractivity contribution is 5.95. The zero-order chi connectivity index (χ0) is 15.9. The average molecular weight is 343 g/mol. The van der Waals surface area contributed by atoms with Gasteiger partial charge in [-0.05, 0) is 57.3 Å². The van der Waals surface area contributed by atoms with Crippen molar-refractivity contribution in [2.45, 2.75) is 26.2 Å². The summed E-state index contributed by atoms with van der Waals surface area (Å²) in [5, 5.41) is 6.39. The molecule has 2 rings (SSSR count). The number of carbonyl (C=O) groups excluding carboxylic acids is 1. The number of halogens is 1. The van der Waals surface area contributed by atoms with Gasteiger partial charge in [0.15, 0.2) is 0 Å². The highest BCUT2D eigenvalue weighted by Gasteiger charge is 2.15. The third-order valence-corrected chi connectivity index (χ3v) is 4.25. The predicted octanol–water partition coefficient (Wildman–Crippen LogP) is 2.55. The van der Waals surface area contributed by atoms with Crippen molar-refractivity contribution in [2.75, 3.05) is 33.9 Å². The van der Waals surface area contributed by atoms with Gasteiger partial charge in [0.2, 0.25) is 0 Å². The molecule has 1 aromatic rings. The molecule has 1 fully saturated rings. The van der Waals surface area contributed by atoms with Crippen LogP contribution in [0.3, 0.4) is 0 Å². The zero-order valence-electron chi connectivity index (χ0n) is 14.1. The SMILES string of the molecule is COc1cc(C(=O)NCCC2CCCNC2)cc(OC)c1C.Cl. The lowest BCUT2D eigenvalue weighted by atomic mass is 9.96. The van der Waals surface area contributed by atoms with E-state index in [1.165, 1.54) is 12.8 Å². The molecule has 0 aromatic heterocycles. The van der Waals surface area contributed by atoms with E-state index in [2.05, 4.69) is 10.6 Å². The minimum Gasteiger partial charge on any atom is -0.496 e. The van der Waals surface area contributed by atoms with Crippen molar-refractivity contribution in [3.05, 3.63) is 23.3 Å². The van der Waals surface area contributed by atoms with E-state index in [1.54, 1.807) is 26.4 Å². The normalized spacial score (nSPS) is 17.1. The maximum atomic E-state index is 12.3. The number of hydrogen-bond acceptors (Lipinski definition) is 4. The fraction of sp³-hybridized carbons (Fsp3) is 0.588. The third-order valence-electron chi connectivity index (χ3n) is 4.25. The Morgan fingerprint density at radius 2 is 1.96 bits per heavy atom. The third kappa shape index (κ3) is 5.29. The van der Waals surface area contributed by atoms with Crippen molar-refractivity contribution >= 4 is 18.3 Å². The highest BCUT2D eigenvalue weighted by atomic mass is 35.5. The summed E-state index contributed by atoms with van der Waals surface area (Å²) >= 11 is 0. The Bertz CT molecular complexity index is 492. The maximum absolute atomic E-state index is 12.3. The molecule has 5 nitrogen and oxygen atoms in total. The summed E-state index contributed by atoms with van der Waals surface area (Å²) in [7, 11) is 3.19. The molecule has 1 heterocycles. The molecule has 0 bridgehead atoms. The first-order chi connectivity index (χ1) is 10.7. The van der Waals surface area contributed by atoms with Gasteiger partial charge >= 0.3 is 0 Å². The number of ether oxygens (including phenoxy) is 2. The molecule has 6 heteroatoms. The van der Waals surface area contributed by atoms with E-state index in [0.717, 1.165) is 25.1 Å². The van der Waals surface area contributed by atoms with Gasteiger partial charge in [-0.3, -0.25) is 4.79 Å². The summed E-state index contributed by atoms with van der Waals surface area (Å²) in [5.41, 5.74) is 1.47. The quantitative estimate of drug-likeness (QED) is 0.834. The summed E-state index contributed by atoms with van der Waals surface area (Å²) in [6.07, 6.45) is 3.49. The molecule has 1 aliphatic rings. The second-order valence-corrected chi connectivity index (χ2v) is 5.76. The second-order valence-electron chi connectivity index (χ2n) is 5.76. The fourth-order valence-electron chi connectivity index (χ4n) is 2.88. The van der Waals surface area contributed by atoms with Crippen molar-refractivity contribution in [3.8, 4) is 11.5 Å².